The number of rotatable bonds is 1. The first-order valence-corrected chi connectivity index (χ1v) is 8.07. The van der Waals surface area contributed by atoms with E-state index in [0.29, 0.717) is 5.02 Å². The van der Waals surface area contributed by atoms with Gasteiger partial charge >= 0.3 is 0 Å². The van der Waals surface area contributed by atoms with Gasteiger partial charge in [-0.05, 0) is 22.5 Å². The van der Waals surface area contributed by atoms with E-state index in [2.05, 4.69) is 29.0 Å². The molecule has 0 N–H and O–H groups in total. The van der Waals surface area contributed by atoms with Crippen LogP contribution in [-0.4, -0.2) is 20.1 Å². The highest BCUT2D eigenvalue weighted by atomic mass is 35.5. The maximum Gasteiger partial charge on any atom is 0.263 e. The van der Waals surface area contributed by atoms with Crippen molar-refractivity contribution in [3.8, 4) is 0 Å². The van der Waals surface area contributed by atoms with Crippen LogP contribution in [0.4, 0.5) is 16.4 Å². The van der Waals surface area contributed by atoms with Crippen LogP contribution in [0.1, 0.15) is 0 Å². The summed E-state index contributed by atoms with van der Waals surface area (Å²) < 4.78 is -0.0481. The Bertz CT molecular complexity index is 637. The van der Waals surface area contributed by atoms with Crippen LogP contribution < -0.4 is 14.5 Å². The lowest BCUT2D eigenvalue weighted by Gasteiger charge is -2.36. The molecule has 0 amide bonds. The van der Waals surface area contributed by atoms with Crippen LogP contribution in [0.3, 0.4) is 0 Å². The minimum Gasteiger partial charge on any atom is -0.371 e. The Morgan fingerprint density at radius 3 is 2.56 bits per heavy atom. The van der Waals surface area contributed by atoms with Crippen LogP contribution in [0.25, 0.3) is 0 Å². The van der Waals surface area contributed by atoms with Crippen molar-refractivity contribution < 1.29 is 0 Å². The summed E-state index contributed by atoms with van der Waals surface area (Å²) in [4.78, 5) is 15.9. The lowest BCUT2D eigenvalue weighted by atomic mass is 10.2. The summed E-state index contributed by atoms with van der Waals surface area (Å²) in [6.45, 7) is 1.77. The molecule has 0 spiro atoms. The summed E-state index contributed by atoms with van der Waals surface area (Å²) in [5.74, 6) is 0. The second kappa shape index (κ2) is 4.57. The molecule has 0 saturated heterocycles. The minimum atomic E-state index is -0.0481. The number of nitrogens with zero attached hydrogens (tertiary/aromatic N) is 2. The maximum absolute atomic E-state index is 11.5. The number of para-hydroxylation sites is 2. The number of hydrogen-bond donors (Lipinski definition) is 0. The Hall–Kier alpha value is -1.04. The van der Waals surface area contributed by atoms with E-state index in [4.69, 9.17) is 11.6 Å². The third-order valence-corrected chi connectivity index (χ3v) is 5.82. The molecule has 1 aromatic carbocycles. The lowest BCUT2D eigenvalue weighted by molar-refractivity contribution is 0.826. The molecule has 1 aromatic heterocycles. The quantitative estimate of drug-likeness (QED) is 0.754. The molecule has 1 aliphatic heterocycles. The van der Waals surface area contributed by atoms with E-state index in [9.17, 15) is 4.79 Å². The van der Waals surface area contributed by atoms with Crippen LogP contribution in [-0.2, 0) is 0 Å². The van der Waals surface area contributed by atoms with E-state index in [1.807, 2.05) is 12.1 Å². The molecule has 1 aliphatic rings. The fourth-order valence-electron chi connectivity index (χ4n) is 2.12. The molecule has 18 heavy (non-hydrogen) atoms. The molecule has 2 heterocycles. The maximum atomic E-state index is 11.5. The van der Waals surface area contributed by atoms with E-state index < -0.39 is 0 Å². The fourth-order valence-corrected chi connectivity index (χ4v) is 4.79. The lowest BCUT2D eigenvalue weighted by Crippen LogP contribution is -2.36. The zero-order valence-corrected chi connectivity index (χ0v) is 12.1. The van der Waals surface area contributed by atoms with Crippen molar-refractivity contribution in [1.29, 1.82) is 0 Å². The van der Waals surface area contributed by atoms with E-state index >= 15 is 0 Å². The van der Waals surface area contributed by atoms with Crippen LogP contribution in [0.15, 0.2) is 29.1 Å². The zero-order chi connectivity index (χ0) is 12.7. The van der Waals surface area contributed by atoms with Gasteiger partial charge in [-0.3, -0.25) is 4.79 Å². The first-order valence-electron chi connectivity index (χ1n) is 5.55. The number of likely N-dealkylation sites (N-methyl/N-ethyl adjacent to an activating group) is 1. The average Bonchev–Trinajstić information content (AvgIpc) is 2.71. The van der Waals surface area contributed by atoms with Crippen molar-refractivity contribution in [2.75, 3.05) is 29.9 Å². The summed E-state index contributed by atoms with van der Waals surface area (Å²) in [5.41, 5.74) is 2.29. The smallest absolute Gasteiger partial charge is 0.263 e. The van der Waals surface area contributed by atoms with Crippen molar-refractivity contribution >= 4 is 48.7 Å². The molecule has 94 valence electrons. The number of benzene rings is 1. The SMILES string of the molecule is CN1CCN(c2ssc(=O)c2Cl)c2ccccc21. The highest BCUT2D eigenvalue weighted by Gasteiger charge is 2.24. The normalized spacial score (nSPS) is 14.8. The predicted molar refractivity (Wildman–Crippen MR) is 80.2 cm³/mol. The van der Waals surface area contributed by atoms with Crippen molar-refractivity contribution in [1.82, 2.24) is 0 Å². The largest absolute Gasteiger partial charge is 0.371 e. The van der Waals surface area contributed by atoms with Crippen LogP contribution in [0.5, 0.6) is 0 Å². The van der Waals surface area contributed by atoms with E-state index in [-0.39, 0.29) is 4.74 Å². The van der Waals surface area contributed by atoms with Crippen LogP contribution in [0.2, 0.25) is 5.02 Å². The first-order chi connectivity index (χ1) is 8.68. The predicted octanol–water partition coefficient (Wildman–Crippen LogP) is 3.41. The number of hydrogen-bond acceptors (Lipinski definition) is 5. The Morgan fingerprint density at radius 1 is 1.17 bits per heavy atom. The zero-order valence-electron chi connectivity index (χ0n) is 9.72. The molecule has 0 atom stereocenters. The molecule has 0 saturated carbocycles. The van der Waals surface area contributed by atoms with Gasteiger partial charge in [-0.1, -0.05) is 34.1 Å². The molecule has 6 heteroatoms. The van der Waals surface area contributed by atoms with Gasteiger partial charge in [0.05, 0.1) is 11.4 Å². The number of halogens is 1. The summed E-state index contributed by atoms with van der Waals surface area (Å²) in [7, 11) is 4.73. The van der Waals surface area contributed by atoms with Crippen molar-refractivity contribution in [2.24, 2.45) is 0 Å². The number of anilines is 3. The number of fused-ring (bicyclic) bond motifs is 1. The third kappa shape index (κ3) is 1.83. The van der Waals surface area contributed by atoms with E-state index in [1.165, 1.54) is 26.4 Å². The molecule has 2 aromatic rings. The topological polar surface area (TPSA) is 23.6 Å². The highest BCUT2D eigenvalue weighted by molar-refractivity contribution is 7.70. The summed E-state index contributed by atoms with van der Waals surface area (Å²) >= 11 is 6.10. The monoisotopic (exact) mass is 298 g/mol. The van der Waals surface area contributed by atoms with E-state index in [1.54, 1.807) is 0 Å². The van der Waals surface area contributed by atoms with Crippen LogP contribution >= 0.6 is 32.3 Å². The van der Waals surface area contributed by atoms with Gasteiger partial charge in [0.1, 0.15) is 10.0 Å². The molecule has 3 rings (SSSR count). The van der Waals surface area contributed by atoms with E-state index in [0.717, 1.165) is 23.8 Å². The molecular formula is C12H11ClN2OS2. The van der Waals surface area contributed by atoms with Gasteiger partial charge in [0, 0.05) is 20.1 Å². The standard InChI is InChI=1S/C12H11ClN2OS2/c1-14-6-7-15(9-5-3-2-4-8(9)14)11-10(13)12(16)18-17-11/h2-5H,6-7H2,1H3. The van der Waals surface area contributed by atoms with Gasteiger partial charge in [0.2, 0.25) is 0 Å². The van der Waals surface area contributed by atoms with Crippen molar-refractivity contribution in [3.63, 3.8) is 0 Å². The first kappa shape index (κ1) is 12.0. The second-order valence-electron chi connectivity index (χ2n) is 4.14. The molecule has 0 aliphatic carbocycles. The highest BCUT2D eigenvalue weighted by Crippen LogP contribution is 2.41. The minimum absolute atomic E-state index is 0.0481. The Morgan fingerprint density at radius 2 is 1.89 bits per heavy atom. The fraction of sp³-hybridized carbons (Fsp3) is 0.250. The Balaban J connectivity index is 2.13. The second-order valence-corrected chi connectivity index (χ2v) is 6.60. The summed E-state index contributed by atoms with van der Waals surface area (Å²) in [5, 5.41) is 1.22. The molecule has 0 bridgehead atoms. The molecule has 0 radical (unpaired) electrons. The van der Waals surface area contributed by atoms with Crippen molar-refractivity contribution in [3.05, 3.63) is 38.8 Å². The molecular weight excluding hydrogens is 288 g/mol. The molecule has 0 fully saturated rings. The van der Waals surface area contributed by atoms with Gasteiger partial charge in [-0.2, -0.15) is 0 Å². The van der Waals surface area contributed by atoms with Crippen LogP contribution in [0, 0.1) is 0 Å². The van der Waals surface area contributed by atoms with Gasteiger partial charge in [-0.25, -0.2) is 0 Å². The average molecular weight is 299 g/mol. The third-order valence-electron chi connectivity index (χ3n) is 3.05. The summed E-state index contributed by atoms with van der Waals surface area (Å²) in [6, 6.07) is 8.19. The van der Waals surface area contributed by atoms with Gasteiger partial charge in [-0.15, -0.1) is 0 Å². The Kier molecular flexibility index (Phi) is 3.05. The summed E-state index contributed by atoms with van der Waals surface area (Å²) in [6.07, 6.45) is 0. The molecule has 3 nitrogen and oxygen atoms in total. The van der Waals surface area contributed by atoms with Gasteiger partial charge in [0.15, 0.2) is 0 Å². The Labute approximate surface area is 117 Å². The van der Waals surface area contributed by atoms with Crippen molar-refractivity contribution in [2.45, 2.75) is 0 Å². The van der Waals surface area contributed by atoms with Gasteiger partial charge < -0.3 is 9.80 Å². The molecule has 0 unspecified atom stereocenters. The van der Waals surface area contributed by atoms with Gasteiger partial charge in [0.25, 0.3) is 4.74 Å².